The summed E-state index contributed by atoms with van der Waals surface area (Å²) in [6, 6.07) is 60.1. The van der Waals surface area contributed by atoms with Gasteiger partial charge in [-0.2, -0.15) is 0 Å². The molecule has 0 unspecified atom stereocenters. The number of carboxylic acids is 2. The van der Waals surface area contributed by atoms with Crippen LogP contribution in [0.2, 0.25) is 0 Å². The Morgan fingerprint density at radius 1 is 0.325 bits per heavy atom. The van der Waals surface area contributed by atoms with Crippen LogP contribution in [0, 0.1) is 0 Å². The minimum absolute atomic E-state index is 0. The normalized spacial score (nSPS) is 10.8. The van der Waals surface area contributed by atoms with Gasteiger partial charge >= 0.3 is 39.0 Å². The number of aliphatic carboxylic acids is 2. The molecule has 0 aliphatic heterocycles. The number of carbonyl (C=O) groups excluding carboxylic acids is 2. The second-order valence-electron chi connectivity index (χ2n) is 16.8. The minimum Gasteiger partial charge on any atom is -0.837 e. The number of benzene rings is 4. The summed E-state index contributed by atoms with van der Waals surface area (Å²) in [4.78, 5) is 45.5. The van der Waals surface area contributed by atoms with E-state index < -0.39 is 28.7 Å². The molecule has 0 radical (unpaired) electrons. The third-order valence-corrected chi connectivity index (χ3v) is 11.9. The van der Waals surface area contributed by atoms with Gasteiger partial charge in [-0.15, -0.1) is 0 Å². The van der Waals surface area contributed by atoms with Gasteiger partial charge in [0.15, 0.2) is 0 Å². The van der Waals surface area contributed by atoms with Gasteiger partial charge in [-0.1, -0.05) is 109 Å². The molecular weight excluding hydrogens is 1120 g/mol. The summed E-state index contributed by atoms with van der Waals surface area (Å²) >= 11 is 0. The molecule has 0 fully saturated rings. The Morgan fingerprint density at radius 2 is 0.494 bits per heavy atom. The van der Waals surface area contributed by atoms with E-state index in [-0.39, 0.29) is 92.6 Å². The molecule has 13 nitrogen and oxygen atoms in total. The van der Waals surface area contributed by atoms with Crippen LogP contribution in [0.3, 0.4) is 0 Å². The molecule has 0 saturated carbocycles. The van der Waals surface area contributed by atoms with E-state index in [4.69, 9.17) is 19.8 Å². The maximum Gasteiger partial charge on any atom is 2.00 e. The largest absolute Gasteiger partial charge is 2.00 e. The van der Waals surface area contributed by atoms with Crippen molar-refractivity contribution < 1.29 is 93.6 Å². The molecule has 10 aromatic rings. The number of nitrogens with zero attached hydrogens (tertiary/aromatic N) is 6. The predicted octanol–water partition coefficient (Wildman–Crippen LogP) is 5.52. The summed E-state index contributed by atoms with van der Waals surface area (Å²) in [6.45, 7) is 1.94. The van der Waals surface area contributed by atoms with E-state index in [9.17, 15) is 0 Å². The van der Waals surface area contributed by atoms with Crippen molar-refractivity contribution in [1.29, 1.82) is 0 Å². The van der Waals surface area contributed by atoms with E-state index in [1.807, 2.05) is 91.0 Å². The van der Waals surface area contributed by atoms with Crippen LogP contribution >= 0.6 is 0 Å². The van der Waals surface area contributed by atoms with E-state index in [0.717, 1.165) is 13.8 Å². The Labute approximate surface area is 484 Å². The van der Waals surface area contributed by atoms with Crippen LogP contribution in [0.5, 0.6) is 0 Å². The summed E-state index contributed by atoms with van der Waals surface area (Å²) in [5, 5.41) is 65.7. The fourth-order valence-corrected chi connectivity index (χ4v) is 8.87. The van der Waals surface area contributed by atoms with Crippen LogP contribution in [0.1, 0.15) is 64.7 Å². The number of aromatic nitrogens is 6. The van der Waals surface area contributed by atoms with Gasteiger partial charge < -0.3 is 35.1 Å². The molecule has 0 bridgehead atoms. The van der Waals surface area contributed by atoms with E-state index in [1.54, 1.807) is 146 Å². The van der Waals surface area contributed by atoms with Gasteiger partial charge in [-0.3, -0.25) is 29.9 Å². The second kappa shape index (κ2) is 27.5. The second-order valence-corrected chi connectivity index (χ2v) is 16.8. The molecule has 0 aliphatic carbocycles. The first-order chi connectivity index (χ1) is 35.9. The van der Waals surface area contributed by atoms with Crippen molar-refractivity contribution in [2.24, 2.45) is 0 Å². The van der Waals surface area contributed by atoms with Crippen molar-refractivity contribution in [3.63, 3.8) is 0 Å². The van der Waals surface area contributed by atoms with Gasteiger partial charge in [0.2, 0.25) is 0 Å². The van der Waals surface area contributed by atoms with Gasteiger partial charge in [0.05, 0.1) is 0 Å². The molecular formula is C61H45N6O7Zn3-. The fourth-order valence-electron chi connectivity index (χ4n) is 8.87. The van der Waals surface area contributed by atoms with Gasteiger partial charge in [-0.05, 0) is 155 Å². The minimum atomic E-state index is -2.06. The first-order valence-corrected chi connectivity index (χ1v) is 23.3. The van der Waals surface area contributed by atoms with E-state index in [2.05, 4.69) is 29.9 Å². The van der Waals surface area contributed by atoms with Crippen LogP contribution in [-0.4, -0.2) is 41.8 Å². The van der Waals surface area contributed by atoms with E-state index in [1.165, 1.54) is 0 Å². The molecule has 77 heavy (non-hydrogen) atoms. The van der Waals surface area contributed by atoms with Gasteiger partial charge in [0.1, 0.15) is 0 Å². The number of hydrogen-bond donors (Lipinski definition) is 0. The number of hydrogen-bond acceptors (Lipinski definition) is 13. The maximum absolute atomic E-state index is 16.0. The summed E-state index contributed by atoms with van der Waals surface area (Å²) < 4.78 is 0. The molecule has 0 saturated heterocycles. The van der Waals surface area contributed by atoms with E-state index in [0.29, 0.717) is 50.1 Å². The van der Waals surface area contributed by atoms with E-state index >= 15 is 15.3 Å². The third kappa shape index (κ3) is 13.2. The zero-order chi connectivity index (χ0) is 52.1. The quantitative estimate of drug-likeness (QED) is 0.138. The van der Waals surface area contributed by atoms with Crippen LogP contribution in [0.25, 0.3) is 33.4 Å². The van der Waals surface area contributed by atoms with Gasteiger partial charge in [0.25, 0.3) is 0 Å². The maximum atomic E-state index is 16.0. The molecule has 0 amide bonds. The van der Waals surface area contributed by atoms with Crippen molar-refractivity contribution in [3.05, 3.63) is 288 Å². The molecule has 368 valence electrons. The van der Waals surface area contributed by atoms with Crippen molar-refractivity contribution in [3.8, 4) is 33.4 Å². The zero-order valence-corrected chi connectivity index (χ0v) is 51.1. The topological polar surface area (TPSA) is 227 Å². The zero-order valence-electron chi connectivity index (χ0n) is 42.2. The Morgan fingerprint density at radius 3 is 0.662 bits per heavy atom. The Balaban J connectivity index is 0.000000932. The third-order valence-electron chi connectivity index (χ3n) is 11.9. The molecule has 0 N–H and O–H groups in total. The molecule has 0 aliphatic rings. The average Bonchev–Trinajstić information content (AvgIpc) is 3.49. The summed E-state index contributed by atoms with van der Waals surface area (Å²) in [5.74, 6) is -2.17. The smallest absolute Gasteiger partial charge is 0.837 e. The number of carbonyl (C=O) groups is 2. The average molecular weight is 1170 g/mol. The van der Waals surface area contributed by atoms with Gasteiger partial charge in [0, 0.05) is 120 Å². The Bertz CT molecular complexity index is 2990. The summed E-state index contributed by atoms with van der Waals surface area (Å²) in [7, 11) is 0. The molecule has 10 rings (SSSR count). The molecule has 16 heteroatoms. The van der Waals surface area contributed by atoms with Crippen molar-refractivity contribution in [2.45, 2.75) is 30.7 Å². The molecule has 6 heterocycles. The summed E-state index contributed by atoms with van der Waals surface area (Å²) in [6.07, 6.45) is 9.65. The molecule has 6 aromatic heterocycles. The monoisotopic (exact) mass is 1170 g/mol. The van der Waals surface area contributed by atoms with Crippen molar-refractivity contribution in [1.82, 2.24) is 29.9 Å². The molecule has 4 aromatic carbocycles. The first kappa shape index (κ1) is 60.3. The van der Waals surface area contributed by atoms with Crippen LogP contribution in [-0.2, 0) is 84.8 Å². The standard InChI is InChI=1S/C57H39N6O3.2C2H4O2.3Zn/c64-55(49-25-7-13-31-58-49,50-26-8-14-32-59-50)46-22-4-1-19-43(46)40-37-41(44-20-2-5-23-47(44)56(65,51-27-9-15-33-60-51)52-28-10-16-34-61-52)39-42(38-40)45-21-3-6-24-48(45)57(66,53-29-11-17-35-62-53)54-30-12-18-36-63-54;2*1-2(3)4;;;/h1-39H;2*1H3,(H,3,4);;;/q-3;;;;2*+2/p-2. The first-order valence-electron chi connectivity index (χ1n) is 23.3. The molecule has 0 atom stereocenters. The SMILES string of the molecule is CC(=O)[O-].CC(=O)[O-].[O-]C(c1ccccn1)(c1ccccn1)c1ccccc1-c1cc(-c2ccccc2C([O-])(c2ccccn2)c2ccccn2)cc(-c2ccccc2C([O-])(c2ccccn2)c2ccccn2)c1.[Zn+2].[Zn+2].[Zn]. The number of pyridine rings is 6. The Kier molecular flexibility index (Phi) is 21.5. The van der Waals surface area contributed by atoms with Crippen LogP contribution in [0.4, 0.5) is 0 Å². The number of carboxylic acid groups (broad SMARTS) is 2. The van der Waals surface area contributed by atoms with Crippen LogP contribution < -0.4 is 25.5 Å². The predicted molar refractivity (Wildman–Crippen MR) is 269 cm³/mol. The van der Waals surface area contributed by atoms with Crippen molar-refractivity contribution in [2.75, 3.05) is 0 Å². The fraction of sp³-hybridized carbons (Fsp3) is 0.0820. The summed E-state index contributed by atoms with van der Waals surface area (Å²) in [5.41, 5.74) is 0.425. The molecule has 0 spiro atoms. The van der Waals surface area contributed by atoms with Gasteiger partial charge in [-0.25, -0.2) is 0 Å². The van der Waals surface area contributed by atoms with Crippen LogP contribution in [0.15, 0.2) is 237 Å². The Hall–Kier alpha value is -7.53. The number of rotatable bonds is 12. The van der Waals surface area contributed by atoms with Crippen molar-refractivity contribution >= 4 is 11.9 Å².